The summed E-state index contributed by atoms with van der Waals surface area (Å²) in [5, 5.41) is 17.0. The standard InChI is InChI=1S/C27H27N5O4/c1-36-23-10-6-5-9-20(23)19-11-13-31(14-12-19)26(33)21-16-29-25-22(27(34)35)17-30-32(25)24(21)28-15-18-7-3-2-4-8-18/h2-10,16-17,19,28H,11-15H2,1H3,(H,34,35). The van der Waals surface area contributed by atoms with Crippen LogP contribution in [0.2, 0.25) is 0 Å². The number of likely N-dealkylation sites (tertiary alicyclic amines) is 1. The van der Waals surface area contributed by atoms with Gasteiger partial charge in [0.05, 0.1) is 13.3 Å². The van der Waals surface area contributed by atoms with Gasteiger partial charge >= 0.3 is 5.97 Å². The van der Waals surface area contributed by atoms with Crippen LogP contribution in [0.1, 0.15) is 50.6 Å². The van der Waals surface area contributed by atoms with Crippen LogP contribution in [0.15, 0.2) is 67.0 Å². The van der Waals surface area contributed by atoms with E-state index in [9.17, 15) is 14.7 Å². The summed E-state index contributed by atoms with van der Waals surface area (Å²) < 4.78 is 6.94. The van der Waals surface area contributed by atoms with Gasteiger partial charge in [0.25, 0.3) is 5.91 Å². The monoisotopic (exact) mass is 485 g/mol. The Kier molecular flexibility index (Phi) is 6.53. The molecule has 0 radical (unpaired) electrons. The minimum Gasteiger partial charge on any atom is -0.496 e. The number of piperidine rings is 1. The average molecular weight is 486 g/mol. The van der Waals surface area contributed by atoms with E-state index in [1.807, 2.05) is 53.4 Å². The molecule has 0 spiro atoms. The number of benzene rings is 2. The molecule has 0 saturated carbocycles. The molecular weight excluding hydrogens is 458 g/mol. The van der Waals surface area contributed by atoms with Gasteiger partial charge in [-0.15, -0.1) is 0 Å². The number of hydrogen-bond acceptors (Lipinski definition) is 6. The number of nitrogens with zero attached hydrogens (tertiary/aromatic N) is 4. The molecule has 1 fully saturated rings. The van der Waals surface area contributed by atoms with Gasteiger partial charge in [-0.1, -0.05) is 48.5 Å². The van der Waals surface area contributed by atoms with Crippen molar-refractivity contribution in [3.63, 3.8) is 0 Å². The van der Waals surface area contributed by atoms with Crippen molar-refractivity contribution in [3.8, 4) is 5.75 Å². The van der Waals surface area contributed by atoms with Crippen LogP contribution < -0.4 is 10.1 Å². The summed E-state index contributed by atoms with van der Waals surface area (Å²) in [4.78, 5) is 31.4. The molecule has 1 aliphatic heterocycles. The first kappa shape index (κ1) is 23.3. The van der Waals surface area contributed by atoms with Gasteiger partial charge in [0.1, 0.15) is 22.7 Å². The molecule has 1 saturated heterocycles. The lowest BCUT2D eigenvalue weighted by Crippen LogP contribution is -2.38. The Hall–Kier alpha value is -4.40. The molecule has 0 bridgehead atoms. The fourth-order valence-corrected chi connectivity index (χ4v) is 4.76. The highest BCUT2D eigenvalue weighted by Gasteiger charge is 2.29. The Labute approximate surface area is 208 Å². The SMILES string of the molecule is COc1ccccc1C1CCN(C(=O)c2cnc3c(C(=O)O)cnn3c2NCc2ccccc2)CC1. The number of carboxylic acids is 1. The van der Waals surface area contributed by atoms with E-state index in [4.69, 9.17) is 4.74 Å². The molecule has 0 unspecified atom stereocenters. The lowest BCUT2D eigenvalue weighted by Gasteiger charge is -2.33. The number of anilines is 1. The number of para-hydroxylation sites is 1. The number of fused-ring (bicyclic) bond motifs is 1. The molecule has 0 aliphatic carbocycles. The Morgan fingerprint density at radius 3 is 2.47 bits per heavy atom. The quantitative estimate of drug-likeness (QED) is 0.406. The topological polar surface area (TPSA) is 109 Å². The molecule has 2 aromatic heterocycles. The van der Waals surface area contributed by atoms with Crippen LogP contribution in [-0.2, 0) is 6.54 Å². The van der Waals surface area contributed by atoms with Crippen LogP contribution in [0.3, 0.4) is 0 Å². The third-order valence-corrected chi connectivity index (χ3v) is 6.65. The predicted octanol–water partition coefficient (Wildman–Crippen LogP) is 4.07. The van der Waals surface area contributed by atoms with Crippen molar-refractivity contribution in [1.29, 1.82) is 0 Å². The van der Waals surface area contributed by atoms with Crippen LogP contribution in [0.5, 0.6) is 5.75 Å². The molecule has 2 N–H and O–H groups in total. The van der Waals surface area contributed by atoms with Crippen molar-refractivity contribution < 1.29 is 19.4 Å². The van der Waals surface area contributed by atoms with Crippen molar-refractivity contribution in [3.05, 3.63) is 89.2 Å². The average Bonchev–Trinajstić information content (AvgIpc) is 3.37. The number of amides is 1. The largest absolute Gasteiger partial charge is 0.496 e. The molecule has 1 aliphatic rings. The number of methoxy groups -OCH3 is 1. The van der Waals surface area contributed by atoms with Gasteiger partial charge in [0.2, 0.25) is 0 Å². The lowest BCUT2D eigenvalue weighted by molar-refractivity contribution is 0.0695. The number of carboxylic acid groups (broad SMARTS) is 1. The number of hydrogen-bond donors (Lipinski definition) is 2. The lowest BCUT2D eigenvalue weighted by atomic mass is 9.88. The minimum absolute atomic E-state index is 0.0191. The Morgan fingerprint density at radius 1 is 1.03 bits per heavy atom. The van der Waals surface area contributed by atoms with E-state index in [1.165, 1.54) is 16.9 Å². The third kappa shape index (κ3) is 4.47. The van der Waals surface area contributed by atoms with Crippen molar-refractivity contribution in [2.45, 2.75) is 25.3 Å². The highest BCUT2D eigenvalue weighted by Crippen LogP contribution is 2.34. The van der Waals surface area contributed by atoms with E-state index in [2.05, 4.69) is 21.5 Å². The Morgan fingerprint density at radius 2 is 1.75 bits per heavy atom. The zero-order valence-corrected chi connectivity index (χ0v) is 19.9. The maximum absolute atomic E-state index is 13.6. The summed E-state index contributed by atoms with van der Waals surface area (Å²) >= 11 is 0. The number of aromatic nitrogens is 3. The third-order valence-electron chi connectivity index (χ3n) is 6.65. The molecule has 1 amide bonds. The Balaban J connectivity index is 1.41. The van der Waals surface area contributed by atoms with Crippen LogP contribution in [0, 0.1) is 0 Å². The van der Waals surface area contributed by atoms with E-state index >= 15 is 0 Å². The second-order valence-corrected chi connectivity index (χ2v) is 8.77. The molecule has 3 heterocycles. The normalized spacial score (nSPS) is 14.1. The van der Waals surface area contributed by atoms with Crippen molar-refractivity contribution >= 4 is 23.3 Å². The maximum atomic E-state index is 13.6. The second kappa shape index (κ2) is 10.1. The van der Waals surface area contributed by atoms with Gasteiger partial charge in [-0.3, -0.25) is 4.79 Å². The fourth-order valence-electron chi connectivity index (χ4n) is 4.76. The Bertz CT molecular complexity index is 1390. The first-order valence-electron chi connectivity index (χ1n) is 11.9. The van der Waals surface area contributed by atoms with Gasteiger partial charge in [0.15, 0.2) is 5.65 Å². The molecule has 184 valence electrons. The highest BCUT2D eigenvalue weighted by molar-refractivity contribution is 6.00. The summed E-state index contributed by atoms with van der Waals surface area (Å²) in [6.07, 6.45) is 4.34. The van der Waals surface area contributed by atoms with E-state index < -0.39 is 5.97 Å². The summed E-state index contributed by atoms with van der Waals surface area (Å²) in [6.45, 7) is 1.63. The van der Waals surface area contributed by atoms with Gasteiger partial charge < -0.3 is 20.1 Å². The summed E-state index contributed by atoms with van der Waals surface area (Å²) in [5.74, 6) is 0.325. The number of ether oxygens (including phenoxy) is 1. The van der Waals surface area contributed by atoms with Crippen molar-refractivity contribution in [2.24, 2.45) is 0 Å². The molecule has 9 heteroatoms. The number of nitrogens with one attached hydrogen (secondary N) is 1. The predicted molar refractivity (Wildman–Crippen MR) is 135 cm³/mol. The van der Waals surface area contributed by atoms with Crippen LogP contribution >= 0.6 is 0 Å². The molecular formula is C27H27N5O4. The number of rotatable bonds is 7. The zero-order valence-electron chi connectivity index (χ0n) is 19.9. The van der Waals surface area contributed by atoms with Crippen LogP contribution in [0.25, 0.3) is 5.65 Å². The molecule has 2 aromatic carbocycles. The molecule has 4 aromatic rings. The number of carbonyl (C=O) groups excluding carboxylic acids is 1. The summed E-state index contributed by atoms with van der Waals surface area (Å²) in [5.41, 5.74) is 2.70. The van der Waals surface area contributed by atoms with E-state index in [1.54, 1.807) is 7.11 Å². The molecule has 5 rings (SSSR count). The second-order valence-electron chi connectivity index (χ2n) is 8.77. The molecule has 36 heavy (non-hydrogen) atoms. The minimum atomic E-state index is -1.12. The van der Waals surface area contributed by atoms with Gasteiger partial charge in [-0.05, 0) is 36.0 Å². The van der Waals surface area contributed by atoms with Crippen molar-refractivity contribution in [2.75, 3.05) is 25.5 Å². The van der Waals surface area contributed by atoms with E-state index in [0.29, 0.717) is 36.9 Å². The zero-order chi connectivity index (χ0) is 25.1. The van der Waals surface area contributed by atoms with Gasteiger partial charge in [0, 0.05) is 25.8 Å². The van der Waals surface area contributed by atoms with E-state index in [0.717, 1.165) is 29.7 Å². The summed E-state index contributed by atoms with van der Waals surface area (Å²) in [6, 6.07) is 17.8. The number of carbonyl (C=O) groups is 2. The highest BCUT2D eigenvalue weighted by atomic mass is 16.5. The van der Waals surface area contributed by atoms with Crippen molar-refractivity contribution in [1.82, 2.24) is 19.5 Å². The summed E-state index contributed by atoms with van der Waals surface area (Å²) in [7, 11) is 1.68. The van der Waals surface area contributed by atoms with Crippen LogP contribution in [0.4, 0.5) is 5.82 Å². The fraction of sp³-hybridized carbons (Fsp3) is 0.259. The molecule has 0 atom stereocenters. The van der Waals surface area contributed by atoms with Crippen LogP contribution in [-0.4, -0.2) is 56.7 Å². The van der Waals surface area contributed by atoms with Gasteiger partial charge in [-0.2, -0.15) is 9.61 Å². The molecule has 9 nitrogen and oxygen atoms in total. The first-order chi connectivity index (χ1) is 17.6. The van der Waals surface area contributed by atoms with Gasteiger partial charge in [-0.25, -0.2) is 9.78 Å². The number of aromatic carboxylic acids is 1. The first-order valence-corrected chi connectivity index (χ1v) is 11.9. The maximum Gasteiger partial charge on any atom is 0.341 e. The van der Waals surface area contributed by atoms with E-state index in [-0.39, 0.29) is 17.1 Å². The smallest absolute Gasteiger partial charge is 0.341 e.